The van der Waals surface area contributed by atoms with Gasteiger partial charge in [-0.2, -0.15) is 0 Å². The number of rotatable bonds is 8. The summed E-state index contributed by atoms with van der Waals surface area (Å²) < 4.78 is 19.0. The number of hydrogen-bond donors (Lipinski definition) is 0. The molecule has 0 saturated carbocycles. The molecule has 0 radical (unpaired) electrons. The van der Waals surface area contributed by atoms with E-state index in [0.717, 1.165) is 28.0 Å². The van der Waals surface area contributed by atoms with Crippen LogP contribution in [-0.2, 0) is 16.1 Å². The average Bonchev–Trinajstić information content (AvgIpc) is 3.26. The third-order valence-electron chi connectivity index (χ3n) is 6.78. The summed E-state index contributed by atoms with van der Waals surface area (Å²) in [6, 6.07) is 19.9. The van der Waals surface area contributed by atoms with Crippen LogP contribution in [0.4, 0.5) is 0 Å². The van der Waals surface area contributed by atoms with Crippen LogP contribution in [0.3, 0.4) is 0 Å². The molecule has 9 heteroatoms. The maximum atomic E-state index is 13.9. The molecule has 1 aliphatic heterocycles. The molecular formula is C32H29ClN2O5S. The maximum Gasteiger partial charge on any atom is 0.338 e. The van der Waals surface area contributed by atoms with Crippen molar-refractivity contribution in [1.29, 1.82) is 0 Å². The molecule has 7 nitrogen and oxygen atoms in total. The second-order valence-electron chi connectivity index (χ2n) is 9.48. The van der Waals surface area contributed by atoms with E-state index in [-0.39, 0.29) is 12.2 Å². The molecule has 1 aliphatic rings. The summed E-state index contributed by atoms with van der Waals surface area (Å²) in [5.41, 5.74) is 4.01. The second kappa shape index (κ2) is 12.2. The number of fused-ring (bicyclic) bond motifs is 1. The Bertz CT molecular complexity index is 1820. The van der Waals surface area contributed by atoms with Crippen LogP contribution in [0.5, 0.6) is 11.5 Å². The molecule has 210 valence electrons. The van der Waals surface area contributed by atoms with Crippen molar-refractivity contribution in [2.75, 3.05) is 13.7 Å². The molecule has 41 heavy (non-hydrogen) atoms. The number of ether oxygens (including phenoxy) is 3. The smallest absolute Gasteiger partial charge is 0.338 e. The lowest BCUT2D eigenvalue weighted by Crippen LogP contribution is -2.39. The number of carbonyl (C=O) groups is 1. The molecule has 0 saturated heterocycles. The number of halogens is 1. The van der Waals surface area contributed by atoms with Gasteiger partial charge < -0.3 is 14.2 Å². The highest BCUT2D eigenvalue weighted by atomic mass is 35.5. The first-order valence-corrected chi connectivity index (χ1v) is 14.3. The number of benzene rings is 3. The number of esters is 1. The Labute approximate surface area is 246 Å². The molecule has 0 unspecified atom stereocenters. The molecule has 0 bridgehead atoms. The molecule has 4 aromatic rings. The topological polar surface area (TPSA) is 79.1 Å². The van der Waals surface area contributed by atoms with Crippen LogP contribution in [0.15, 0.2) is 87.8 Å². The minimum Gasteiger partial charge on any atom is -0.496 e. The summed E-state index contributed by atoms with van der Waals surface area (Å²) in [6.45, 7) is 6.01. The van der Waals surface area contributed by atoms with Gasteiger partial charge in [0, 0.05) is 10.6 Å². The van der Waals surface area contributed by atoms with Crippen LogP contribution in [0.2, 0.25) is 5.02 Å². The van der Waals surface area contributed by atoms with Crippen molar-refractivity contribution in [3.8, 4) is 11.5 Å². The molecule has 5 rings (SSSR count). The van der Waals surface area contributed by atoms with Gasteiger partial charge in [0.05, 0.1) is 35.6 Å². The van der Waals surface area contributed by atoms with E-state index in [1.54, 1.807) is 37.7 Å². The van der Waals surface area contributed by atoms with Crippen molar-refractivity contribution in [2.24, 2.45) is 4.99 Å². The number of carbonyl (C=O) groups excluding carboxylic acids is 1. The second-order valence-corrected chi connectivity index (χ2v) is 10.9. The van der Waals surface area contributed by atoms with E-state index in [1.807, 2.05) is 67.6 Å². The molecule has 0 fully saturated rings. The van der Waals surface area contributed by atoms with Crippen molar-refractivity contribution in [2.45, 2.75) is 33.4 Å². The Morgan fingerprint density at radius 2 is 1.83 bits per heavy atom. The van der Waals surface area contributed by atoms with Crippen molar-refractivity contribution in [3.05, 3.63) is 125 Å². The third-order valence-corrected chi connectivity index (χ3v) is 8.02. The predicted molar refractivity (Wildman–Crippen MR) is 160 cm³/mol. The van der Waals surface area contributed by atoms with Gasteiger partial charge in [0.15, 0.2) is 4.80 Å². The van der Waals surface area contributed by atoms with Gasteiger partial charge in [-0.3, -0.25) is 9.36 Å². The monoisotopic (exact) mass is 588 g/mol. The zero-order chi connectivity index (χ0) is 29.1. The number of hydrogen-bond acceptors (Lipinski definition) is 7. The first kappa shape index (κ1) is 28.4. The minimum absolute atomic E-state index is 0.209. The summed E-state index contributed by atoms with van der Waals surface area (Å²) in [5.74, 6) is 0.981. The number of aryl methyl sites for hydroxylation is 1. The van der Waals surface area contributed by atoms with Crippen molar-refractivity contribution >= 4 is 35.0 Å². The predicted octanol–water partition coefficient (Wildman–Crippen LogP) is 5.35. The van der Waals surface area contributed by atoms with Gasteiger partial charge >= 0.3 is 5.97 Å². The molecule has 2 heterocycles. The summed E-state index contributed by atoms with van der Waals surface area (Å²) in [7, 11) is 1.62. The van der Waals surface area contributed by atoms with Gasteiger partial charge in [0.25, 0.3) is 5.56 Å². The van der Waals surface area contributed by atoms with Crippen LogP contribution in [0.1, 0.15) is 42.1 Å². The Kier molecular flexibility index (Phi) is 8.42. The fraction of sp³-hybridized carbons (Fsp3) is 0.219. The fourth-order valence-electron chi connectivity index (χ4n) is 4.78. The van der Waals surface area contributed by atoms with Crippen LogP contribution >= 0.6 is 22.9 Å². The zero-order valence-corrected chi connectivity index (χ0v) is 24.7. The lowest BCUT2D eigenvalue weighted by Gasteiger charge is -2.24. The van der Waals surface area contributed by atoms with Gasteiger partial charge in [-0.25, -0.2) is 9.79 Å². The highest BCUT2D eigenvalue weighted by Gasteiger charge is 2.33. The van der Waals surface area contributed by atoms with Crippen LogP contribution in [0.25, 0.3) is 6.08 Å². The number of methoxy groups -OCH3 is 1. The zero-order valence-electron chi connectivity index (χ0n) is 23.1. The van der Waals surface area contributed by atoms with E-state index in [0.29, 0.717) is 38.0 Å². The summed E-state index contributed by atoms with van der Waals surface area (Å²) >= 11 is 7.41. The first-order valence-electron chi connectivity index (χ1n) is 13.1. The van der Waals surface area contributed by atoms with E-state index < -0.39 is 12.0 Å². The average molecular weight is 589 g/mol. The molecule has 0 spiro atoms. The van der Waals surface area contributed by atoms with Gasteiger partial charge in [0.1, 0.15) is 18.1 Å². The number of aromatic nitrogens is 1. The van der Waals surface area contributed by atoms with E-state index in [1.165, 1.54) is 11.3 Å². The fourth-order valence-corrected chi connectivity index (χ4v) is 5.95. The van der Waals surface area contributed by atoms with E-state index >= 15 is 0 Å². The number of para-hydroxylation sites is 1. The molecule has 0 N–H and O–H groups in total. The highest BCUT2D eigenvalue weighted by Crippen LogP contribution is 2.31. The van der Waals surface area contributed by atoms with Crippen molar-refractivity contribution in [3.63, 3.8) is 0 Å². The lowest BCUT2D eigenvalue weighted by atomic mass is 9.96. The maximum absolute atomic E-state index is 13.9. The van der Waals surface area contributed by atoms with E-state index in [4.69, 9.17) is 25.8 Å². The Morgan fingerprint density at radius 1 is 1.07 bits per heavy atom. The molecule has 1 aromatic heterocycles. The van der Waals surface area contributed by atoms with Gasteiger partial charge in [-0.15, -0.1) is 0 Å². The first-order chi connectivity index (χ1) is 19.8. The summed E-state index contributed by atoms with van der Waals surface area (Å²) in [6.07, 6.45) is 1.82. The molecule has 3 aromatic carbocycles. The normalized spacial score (nSPS) is 14.9. The van der Waals surface area contributed by atoms with Crippen LogP contribution < -0.4 is 24.4 Å². The van der Waals surface area contributed by atoms with Gasteiger partial charge in [-0.1, -0.05) is 59.3 Å². The summed E-state index contributed by atoms with van der Waals surface area (Å²) in [5, 5.41) is 0.557. The van der Waals surface area contributed by atoms with Crippen molar-refractivity contribution in [1.82, 2.24) is 4.57 Å². The molecule has 0 amide bonds. The van der Waals surface area contributed by atoms with Gasteiger partial charge in [-0.05, 0) is 73.9 Å². The number of thiazole rings is 1. The summed E-state index contributed by atoms with van der Waals surface area (Å²) in [4.78, 5) is 32.1. The Morgan fingerprint density at radius 3 is 2.54 bits per heavy atom. The molecule has 1 atom stereocenters. The molecular weight excluding hydrogens is 560 g/mol. The van der Waals surface area contributed by atoms with Crippen LogP contribution in [0, 0.1) is 6.92 Å². The Hall–Kier alpha value is -4.14. The van der Waals surface area contributed by atoms with E-state index in [2.05, 4.69) is 4.99 Å². The van der Waals surface area contributed by atoms with Crippen LogP contribution in [-0.4, -0.2) is 24.3 Å². The quantitative estimate of drug-likeness (QED) is 0.259. The minimum atomic E-state index is -0.696. The van der Waals surface area contributed by atoms with Gasteiger partial charge in [0.2, 0.25) is 0 Å². The van der Waals surface area contributed by atoms with Crippen molar-refractivity contribution < 1.29 is 19.0 Å². The Balaban J connectivity index is 1.58. The standard InChI is InChI=1S/C32H29ClN2O5S/c1-5-39-31(37)28-20(3)34-32-35(29(28)22-11-13-24(33)14-12-22)30(36)27(41-32)17-21-10-15-26(38-4)23(16-21)18-40-25-9-7-6-8-19(25)2/h6-17,29H,5,18H2,1-4H3/b27-17+/t29-/m1/s1. The lowest BCUT2D eigenvalue weighted by molar-refractivity contribution is -0.139. The number of allylic oxidation sites excluding steroid dienone is 1. The number of nitrogens with zero attached hydrogens (tertiary/aromatic N) is 2. The third kappa shape index (κ3) is 5.85. The van der Waals surface area contributed by atoms with E-state index in [9.17, 15) is 9.59 Å². The largest absolute Gasteiger partial charge is 0.496 e. The molecule has 0 aliphatic carbocycles. The SMILES string of the molecule is CCOC(=O)C1=C(C)N=c2s/c(=C/c3ccc(OC)c(COc4ccccc4C)c3)c(=O)n2[C@@H]1c1ccc(Cl)cc1. The highest BCUT2D eigenvalue weighted by molar-refractivity contribution is 7.07.